The molecule has 0 unspecified atom stereocenters. The van der Waals surface area contributed by atoms with Gasteiger partial charge in [-0.15, -0.1) is 0 Å². The van der Waals surface area contributed by atoms with E-state index in [4.69, 9.17) is 4.74 Å². The highest BCUT2D eigenvalue weighted by molar-refractivity contribution is 7.90. The van der Waals surface area contributed by atoms with Crippen molar-refractivity contribution >= 4 is 21.8 Å². The number of carbonyl (C=O) groups excluding carboxylic acids is 2. The Morgan fingerprint density at radius 1 is 0.973 bits per heavy atom. The standard InChI is InChI=1S/C25H20F4N2O5S/c26-18-12-10-16(11-13-18)14-31-21(32)15-36-23(22(31)17-6-2-1-3-7-17)24(33)30-37(34,35)20-9-5-4-8-19(20)25(27,28)29/h1-13,22-23H,14-15H2,(H,30,33)/t22-,23-/m1/s1. The van der Waals surface area contributed by atoms with Gasteiger partial charge in [-0.1, -0.05) is 54.6 Å². The minimum atomic E-state index is -4.99. The summed E-state index contributed by atoms with van der Waals surface area (Å²) in [5.41, 5.74) is -0.484. The maximum atomic E-state index is 13.4. The van der Waals surface area contributed by atoms with Crippen molar-refractivity contribution in [3.8, 4) is 0 Å². The van der Waals surface area contributed by atoms with Crippen molar-refractivity contribution in [3.63, 3.8) is 0 Å². The molecule has 1 fully saturated rings. The van der Waals surface area contributed by atoms with Crippen LogP contribution in [0.4, 0.5) is 17.6 Å². The summed E-state index contributed by atoms with van der Waals surface area (Å²) in [7, 11) is -4.97. The van der Waals surface area contributed by atoms with Gasteiger partial charge in [-0.2, -0.15) is 13.2 Å². The zero-order valence-electron chi connectivity index (χ0n) is 19.0. The SMILES string of the molecule is O=C(NS(=O)(=O)c1ccccc1C(F)(F)F)[C@@H]1OCC(=O)N(Cc2ccc(F)cc2)[C@@H]1c1ccccc1. The number of hydrogen-bond acceptors (Lipinski definition) is 5. The predicted octanol–water partition coefficient (Wildman–Crippen LogP) is 3.82. The Labute approximate surface area is 209 Å². The first-order valence-corrected chi connectivity index (χ1v) is 12.4. The van der Waals surface area contributed by atoms with E-state index < -0.39 is 63.0 Å². The van der Waals surface area contributed by atoms with Gasteiger partial charge >= 0.3 is 6.18 Å². The maximum absolute atomic E-state index is 13.4. The Kier molecular flexibility index (Phi) is 7.32. The van der Waals surface area contributed by atoms with Crippen LogP contribution in [0.25, 0.3) is 0 Å². The number of hydrogen-bond donors (Lipinski definition) is 1. The Hall–Kier alpha value is -3.77. The van der Waals surface area contributed by atoms with Crippen molar-refractivity contribution in [2.75, 3.05) is 6.61 Å². The summed E-state index contributed by atoms with van der Waals surface area (Å²) in [6.07, 6.45) is -6.56. The molecule has 3 aromatic carbocycles. The monoisotopic (exact) mass is 536 g/mol. The number of amides is 2. The third-order valence-electron chi connectivity index (χ3n) is 5.71. The Balaban J connectivity index is 1.68. The van der Waals surface area contributed by atoms with Crippen LogP contribution in [-0.2, 0) is 37.1 Å². The molecule has 1 heterocycles. The fraction of sp³-hybridized carbons (Fsp3) is 0.200. The van der Waals surface area contributed by atoms with Gasteiger partial charge in [-0.25, -0.2) is 17.5 Å². The topological polar surface area (TPSA) is 92.8 Å². The van der Waals surface area contributed by atoms with Gasteiger partial charge < -0.3 is 9.64 Å². The molecule has 4 rings (SSSR count). The van der Waals surface area contributed by atoms with Gasteiger partial charge in [0.15, 0.2) is 6.10 Å². The summed E-state index contributed by atoms with van der Waals surface area (Å²) < 4.78 is 86.4. The van der Waals surface area contributed by atoms with Gasteiger partial charge in [0, 0.05) is 6.54 Å². The normalized spacial score (nSPS) is 18.5. The number of carbonyl (C=O) groups is 2. The summed E-state index contributed by atoms with van der Waals surface area (Å²) in [4.78, 5) is 26.2. The van der Waals surface area contributed by atoms with Crippen LogP contribution in [0.2, 0.25) is 0 Å². The lowest BCUT2D eigenvalue weighted by atomic mass is 9.96. The first-order valence-electron chi connectivity index (χ1n) is 10.9. The molecule has 1 saturated heterocycles. The van der Waals surface area contributed by atoms with Crippen LogP contribution in [0.15, 0.2) is 83.8 Å². The van der Waals surface area contributed by atoms with Crippen LogP contribution in [-0.4, -0.2) is 37.8 Å². The first kappa shape index (κ1) is 26.3. The van der Waals surface area contributed by atoms with E-state index in [1.807, 2.05) is 0 Å². The van der Waals surface area contributed by atoms with Crippen molar-refractivity contribution in [1.29, 1.82) is 0 Å². The number of morpholine rings is 1. The molecule has 194 valence electrons. The molecule has 2 atom stereocenters. The summed E-state index contributed by atoms with van der Waals surface area (Å²) in [6.45, 7) is -0.642. The molecule has 2 amide bonds. The van der Waals surface area contributed by atoms with Gasteiger partial charge in [0.1, 0.15) is 12.4 Å². The van der Waals surface area contributed by atoms with Crippen LogP contribution in [0, 0.1) is 5.82 Å². The van der Waals surface area contributed by atoms with E-state index in [0.29, 0.717) is 17.2 Å². The van der Waals surface area contributed by atoms with Crippen molar-refractivity contribution in [1.82, 2.24) is 9.62 Å². The molecule has 0 saturated carbocycles. The molecule has 12 heteroatoms. The van der Waals surface area contributed by atoms with E-state index in [1.54, 1.807) is 35.1 Å². The van der Waals surface area contributed by atoms with Crippen LogP contribution in [0.5, 0.6) is 0 Å². The average molecular weight is 537 g/mol. The van der Waals surface area contributed by atoms with Crippen molar-refractivity contribution < 1.29 is 40.3 Å². The summed E-state index contributed by atoms with van der Waals surface area (Å²) in [5.74, 6) is -2.26. The van der Waals surface area contributed by atoms with Crippen LogP contribution in [0.1, 0.15) is 22.7 Å². The summed E-state index contributed by atoms with van der Waals surface area (Å²) in [5, 5.41) is 0. The van der Waals surface area contributed by atoms with Gasteiger partial charge in [0.05, 0.1) is 16.5 Å². The Morgan fingerprint density at radius 3 is 2.24 bits per heavy atom. The fourth-order valence-corrected chi connectivity index (χ4v) is 5.25. The molecule has 37 heavy (non-hydrogen) atoms. The number of alkyl halides is 3. The number of sulfonamides is 1. The molecule has 0 spiro atoms. The van der Waals surface area contributed by atoms with E-state index in [9.17, 15) is 35.6 Å². The minimum absolute atomic E-state index is 0.0600. The van der Waals surface area contributed by atoms with E-state index in [2.05, 4.69) is 0 Å². The predicted molar refractivity (Wildman–Crippen MR) is 123 cm³/mol. The second-order valence-electron chi connectivity index (χ2n) is 8.20. The van der Waals surface area contributed by atoms with Crippen LogP contribution in [0.3, 0.4) is 0 Å². The Bertz CT molecular complexity index is 1400. The molecular weight excluding hydrogens is 516 g/mol. The fourth-order valence-electron chi connectivity index (χ4n) is 4.03. The molecule has 0 bridgehead atoms. The summed E-state index contributed by atoms with van der Waals surface area (Å²) >= 11 is 0. The second kappa shape index (κ2) is 10.3. The summed E-state index contributed by atoms with van der Waals surface area (Å²) in [6, 6.07) is 15.8. The molecule has 3 aromatic rings. The number of rotatable bonds is 6. The van der Waals surface area contributed by atoms with Gasteiger partial charge in [-0.05, 0) is 35.4 Å². The first-order chi connectivity index (χ1) is 17.5. The zero-order valence-corrected chi connectivity index (χ0v) is 19.8. The average Bonchev–Trinajstić information content (AvgIpc) is 2.86. The van der Waals surface area contributed by atoms with E-state index in [1.165, 1.54) is 29.2 Å². The molecule has 1 aliphatic rings. The molecule has 7 nitrogen and oxygen atoms in total. The van der Waals surface area contributed by atoms with Crippen molar-refractivity contribution in [2.45, 2.75) is 29.8 Å². The van der Waals surface area contributed by atoms with Crippen molar-refractivity contribution in [3.05, 3.63) is 101 Å². The van der Waals surface area contributed by atoms with Crippen molar-refractivity contribution in [2.24, 2.45) is 0 Å². The quantitative estimate of drug-likeness (QED) is 0.484. The van der Waals surface area contributed by atoms with Gasteiger partial charge in [0.25, 0.3) is 15.9 Å². The van der Waals surface area contributed by atoms with Crippen LogP contribution < -0.4 is 4.72 Å². The smallest absolute Gasteiger partial charge is 0.356 e. The lowest BCUT2D eigenvalue weighted by Gasteiger charge is -2.40. The lowest BCUT2D eigenvalue weighted by Crippen LogP contribution is -2.54. The van der Waals surface area contributed by atoms with E-state index >= 15 is 0 Å². The number of benzene rings is 3. The third-order valence-corrected chi connectivity index (χ3v) is 7.12. The highest BCUT2D eigenvalue weighted by Gasteiger charge is 2.44. The largest absolute Gasteiger partial charge is 0.417 e. The number of nitrogens with one attached hydrogen (secondary N) is 1. The zero-order chi connectivity index (χ0) is 26.8. The molecular formula is C25H20F4N2O5S. The number of nitrogens with zero attached hydrogens (tertiary/aromatic N) is 1. The minimum Gasteiger partial charge on any atom is -0.356 e. The number of ether oxygens (including phenoxy) is 1. The molecule has 1 aliphatic heterocycles. The van der Waals surface area contributed by atoms with Gasteiger partial charge in [0.2, 0.25) is 5.91 Å². The molecule has 0 aliphatic carbocycles. The van der Waals surface area contributed by atoms with Gasteiger partial charge in [-0.3, -0.25) is 9.59 Å². The lowest BCUT2D eigenvalue weighted by molar-refractivity contribution is -0.164. The number of halogens is 4. The molecule has 0 radical (unpaired) electrons. The van der Waals surface area contributed by atoms with E-state index in [-0.39, 0.29) is 6.54 Å². The maximum Gasteiger partial charge on any atom is 0.417 e. The van der Waals surface area contributed by atoms with Crippen LogP contribution >= 0.6 is 0 Å². The Morgan fingerprint density at radius 2 is 1.59 bits per heavy atom. The second-order valence-corrected chi connectivity index (χ2v) is 9.85. The highest BCUT2D eigenvalue weighted by Crippen LogP contribution is 2.35. The molecule has 1 N–H and O–H groups in total. The highest BCUT2D eigenvalue weighted by atomic mass is 32.2. The molecule has 0 aromatic heterocycles. The third kappa shape index (κ3) is 5.81. The van der Waals surface area contributed by atoms with E-state index in [0.717, 1.165) is 18.2 Å².